The fourth-order valence-corrected chi connectivity index (χ4v) is 3.17. The van der Waals surface area contributed by atoms with Gasteiger partial charge in [0.2, 0.25) is 5.91 Å². The van der Waals surface area contributed by atoms with Crippen molar-refractivity contribution in [2.24, 2.45) is 0 Å². The van der Waals surface area contributed by atoms with Gasteiger partial charge in [-0.2, -0.15) is 0 Å². The molecule has 1 aliphatic rings. The van der Waals surface area contributed by atoms with Crippen LogP contribution in [-0.2, 0) is 4.79 Å². The summed E-state index contributed by atoms with van der Waals surface area (Å²) in [5, 5.41) is 9.38. The average molecular weight is 325 g/mol. The van der Waals surface area contributed by atoms with Crippen LogP contribution in [0, 0.1) is 6.92 Å². The van der Waals surface area contributed by atoms with E-state index in [0.717, 1.165) is 37.3 Å². The molecule has 0 saturated carbocycles. The molecule has 1 atom stereocenters. The number of benzene rings is 1. The standard InChI is InChI=1S/C19H23N3O2/c1-14-13-20-8-7-18(14)21-9-11-22(12-10-21)19(24)15(2)16-3-5-17(23)6-4-16/h3-8,13,15,23H,9-12H2,1-2H3. The lowest BCUT2D eigenvalue weighted by atomic mass is 9.99. The summed E-state index contributed by atoms with van der Waals surface area (Å²) >= 11 is 0. The number of aryl methyl sites for hydroxylation is 1. The molecule has 2 aromatic rings. The van der Waals surface area contributed by atoms with E-state index < -0.39 is 0 Å². The Bertz CT molecular complexity index is 707. The summed E-state index contributed by atoms with van der Waals surface area (Å²) in [6.45, 7) is 7.10. The number of hydrogen-bond donors (Lipinski definition) is 1. The summed E-state index contributed by atoms with van der Waals surface area (Å²) in [4.78, 5) is 21.1. The van der Waals surface area contributed by atoms with Crippen LogP contribution in [0.3, 0.4) is 0 Å². The number of amides is 1. The first kappa shape index (κ1) is 16.3. The lowest BCUT2D eigenvalue weighted by Crippen LogP contribution is -2.50. The molecule has 1 unspecified atom stereocenters. The molecule has 0 radical (unpaired) electrons. The number of anilines is 1. The van der Waals surface area contributed by atoms with E-state index in [1.54, 1.807) is 12.1 Å². The predicted octanol–water partition coefficient (Wildman–Crippen LogP) is 2.55. The van der Waals surface area contributed by atoms with Crippen molar-refractivity contribution in [1.82, 2.24) is 9.88 Å². The summed E-state index contributed by atoms with van der Waals surface area (Å²) < 4.78 is 0. The van der Waals surface area contributed by atoms with E-state index in [0.29, 0.717) is 0 Å². The molecule has 1 aromatic heterocycles. The fourth-order valence-electron chi connectivity index (χ4n) is 3.17. The normalized spacial score (nSPS) is 16.1. The number of carbonyl (C=O) groups excluding carboxylic acids is 1. The largest absolute Gasteiger partial charge is 0.508 e. The van der Waals surface area contributed by atoms with Crippen LogP contribution in [0.2, 0.25) is 0 Å². The van der Waals surface area contributed by atoms with Gasteiger partial charge >= 0.3 is 0 Å². The third kappa shape index (κ3) is 3.35. The zero-order chi connectivity index (χ0) is 17.1. The number of phenolic OH excluding ortho intramolecular Hbond substituents is 1. The van der Waals surface area contributed by atoms with Crippen LogP contribution in [-0.4, -0.2) is 47.1 Å². The Hall–Kier alpha value is -2.56. The van der Waals surface area contributed by atoms with E-state index in [4.69, 9.17) is 0 Å². The van der Waals surface area contributed by atoms with Gasteiger partial charge in [-0.3, -0.25) is 9.78 Å². The van der Waals surface area contributed by atoms with E-state index in [2.05, 4.69) is 16.8 Å². The van der Waals surface area contributed by atoms with Gasteiger partial charge in [-0.15, -0.1) is 0 Å². The molecule has 1 amide bonds. The zero-order valence-corrected chi connectivity index (χ0v) is 14.1. The number of hydrogen-bond acceptors (Lipinski definition) is 4. The Morgan fingerprint density at radius 1 is 1.12 bits per heavy atom. The highest BCUT2D eigenvalue weighted by atomic mass is 16.3. The molecule has 1 aliphatic heterocycles. The summed E-state index contributed by atoms with van der Waals surface area (Å²) in [5.41, 5.74) is 3.30. The van der Waals surface area contributed by atoms with Crippen molar-refractivity contribution in [2.75, 3.05) is 31.1 Å². The molecule has 0 aliphatic carbocycles. The number of rotatable bonds is 3. The van der Waals surface area contributed by atoms with Crippen LogP contribution >= 0.6 is 0 Å². The van der Waals surface area contributed by atoms with Crippen molar-refractivity contribution in [3.8, 4) is 5.75 Å². The number of pyridine rings is 1. The summed E-state index contributed by atoms with van der Waals surface area (Å²) in [6, 6.07) is 8.92. The van der Waals surface area contributed by atoms with Crippen molar-refractivity contribution in [1.29, 1.82) is 0 Å². The Morgan fingerprint density at radius 2 is 1.79 bits per heavy atom. The number of piperazine rings is 1. The second kappa shape index (κ2) is 6.91. The Balaban J connectivity index is 1.63. The van der Waals surface area contributed by atoms with Crippen molar-refractivity contribution in [2.45, 2.75) is 19.8 Å². The number of aromatic hydroxyl groups is 1. The van der Waals surface area contributed by atoms with Gasteiger partial charge in [0.05, 0.1) is 5.92 Å². The molecule has 24 heavy (non-hydrogen) atoms. The molecular formula is C19H23N3O2. The maximum absolute atomic E-state index is 12.7. The summed E-state index contributed by atoms with van der Waals surface area (Å²) in [6.07, 6.45) is 3.69. The van der Waals surface area contributed by atoms with Gasteiger partial charge in [0.15, 0.2) is 0 Å². The highest BCUT2D eigenvalue weighted by Crippen LogP contribution is 2.23. The first-order valence-electron chi connectivity index (χ1n) is 8.29. The lowest BCUT2D eigenvalue weighted by molar-refractivity contribution is -0.132. The highest BCUT2D eigenvalue weighted by Gasteiger charge is 2.26. The maximum Gasteiger partial charge on any atom is 0.229 e. The summed E-state index contributed by atoms with van der Waals surface area (Å²) in [5.74, 6) is 0.173. The second-order valence-corrected chi connectivity index (χ2v) is 6.29. The molecule has 1 saturated heterocycles. The molecule has 1 aromatic carbocycles. The van der Waals surface area contributed by atoms with Gasteiger partial charge in [0, 0.05) is 44.3 Å². The lowest BCUT2D eigenvalue weighted by Gasteiger charge is -2.37. The fraction of sp³-hybridized carbons (Fsp3) is 0.368. The van der Waals surface area contributed by atoms with Gasteiger partial charge in [-0.05, 0) is 43.2 Å². The van der Waals surface area contributed by atoms with Crippen LogP contribution in [0.4, 0.5) is 5.69 Å². The molecule has 0 bridgehead atoms. The minimum atomic E-state index is -0.195. The van der Waals surface area contributed by atoms with Gasteiger partial charge in [0.1, 0.15) is 5.75 Å². The SMILES string of the molecule is Cc1cnccc1N1CCN(C(=O)C(C)c2ccc(O)cc2)CC1. The van der Waals surface area contributed by atoms with Crippen molar-refractivity contribution in [3.63, 3.8) is 0 Å². The molecule has 5 nitrogen and oxygen atoms in total. The van der Waals surface area contributed by atoms with Gasteiger partial charge < -0.3 is 14.9 Å². The van der Waals surface area contributed by atoms with E-state index >= 15 is 0 Å². The van der Waals surface area contributed by atoms with Crippen LogP contribution in [0.25, 0.3) is 0 Å². The van der Waals surface area contributed by atoms with Gasteiger partial charge in [-0.1, -0.05) is 12.1 Å². The van der Waals surface area contributed by atoms with Crippen LogP contribution in [0.1, 0.15) is 24.0 Å². The van der Waals surface area contributed by atoms with E-state index in [9.17, 15) is 9.90 Å². The highest BCUT2D eigenvalue weighted by molar-refractivity contribution is 5.83. The molecule has 3 rings (SSSR count). The van der Waals surface area contributed by atoms with Crippen molar-refractivity contribution < 1.29 is 9.90 Å². The molecule has 0 spiro atoms. The molecule has 2 heterocycles. The Labute approximate surface area is 142 Å². The smallest absolute Gasteiger partial charge is 0.229 e. The van der Waals surface area contributed by atoms with E-state index in [1.807, 2.05) is 42.4 Å². The Morgan fingerprint density at radius 3 is 2.42 bits per heavy atom. The van der Waals surface area contributed by atoms with Crippen molar-refractivity contribution in [3.05, 3.63) is 53.9 Å². The van der Waals surface area contributed by atoms with E-state index in [1.165, 1.54) is 5.69 Å². The third-order valence-electron chi connectivity index (χ3n) is 4.69. The topological polar surface area (TPSA) is 56.7 Å². The van der Waals surface area contributed by atoms with Crippen LogP contribution < -0.4 is 4.90 Å². The third-order valence-corrected chi connectivity index (χ3v) is 4.69. The minimum Gasteiger partial charge on any atom is -0.508 e. The molecule has 1 fully saturated rings. The van der Waals surface area contributed by atoms with Gasteiger partial charge in [-0.25, -0.2) is 0 Å². The average Bonchev–Trinajstić information content (AvgIpc) is 2.62. The Kier molecular flexibility index (Phi) is 4.69. The maximum atomic E-state index is 12.7. The first-order valence-corrected chi connectivity index (χ1v) is 8.29. The zero-order valence-electron chi connectivity index (χ0n) is 14.1. The van der Waals surface area contributed by atoms with E-state index in [-0.39, 0.29) is 17.6 Å². The molecular weight excluding hydrogens is 302 g/mol. The molecule has 126 valence electrons. The van der Waals surface area contributed by atoms with Gasteiger partial charge in [0.25, 0.3) is 0 Å². The molecule has 1 N–H and O–H groups in total. The number of aromatic nitrogens is 1. The summed E-state index contributed by atoms with van der Waals surface area (Å²) in [7, 11) is 0. The number of nitrogens with zero attached hydrogens (tertiary/aromatic N) is 3. The monoisotopic (exact) mass is 325 g/mol. The van der Waals surface area contributed by atoms with Crippen LogP contribution in [0.5, 0.6) is 5.75 Å². The predicted molar refractivity (Wildman–Crippen MR) is 94.3 cm³/mol. The number of phenols is 1. The minimum absolute atomic E-state index is 0.145. The molecule has 5 heteroatoms. The first-order chi connectivity index (χ1) is 11.6. The second-order valence-electron chi connectivity index (χ2n) is 6.29. The van der Waals surface area contributed by atoms with Crippen molar-refractivity contribution >= 4 is 11.6 Å². The quantitative estimate of drug-likeness (QED) is 0.942. The number of carbonyl (C=O) groups is 1. The van der Waals surface area contributed by atoms with Crippen LogP contribution in [0.15, 0.2) is 42.7 Å².